The maximum absolute atomic E-state index is 12.7. The van der Waals surface area contributed by atoms with E-state index in [4.69, 9.17) is 4.74 Å². The van der Waals surface area contributed by atoms with Crippen LogP contribution < -0.4 is 20.1 Å². The van der Waals surface area contributed by atoms with Gasteiger partial charge in [-0.15, -0.1) is 24.0 Å². The summed E-state index contributed by atoms with van der Waals surface area (Å²) in [7, 11) is 1.53. The molecule has 0 amide bonds. The Kier molecular flexibility index (Phi) is 13.8. The number of nitrogens with zero attached hydrogens (tertiary/aromatic N) is 3. The van der Waals surface area contributed by atoms with Gasteiger partial charge in [0.15, 0.2) is 5.96 Å². The lowest BCUT2D eigenvalue weighted by molar-refractivity contribution is -0.0504. The number of rotatable bonds is 11. The lowest BCUT2D eigenvalue weighted by atomic mass is 10.1. The van der Waals surface area contributed by atoms with Crippen molar-refractivity contribution in [2.45, 2.75) is 33.9 Å². The number of guanidine groups is 1. The molecule has 7 nitrogen and oxygen atoms in total. The molecule has 2 rings (SSSR count). The molecule has 1 aromatic carbocycles. The summed E-state index contributed by atoms with van der Waals surface area (Å²) >= 11 is 0. The van der Waals surface area contributed by atoms with Crippen molar-refractivity contribution in [2.75, 3.05) is 59.5 Å². The van der Waals surface area contributed by atoms with Crippen molar-refractivity contribution in [2.24, 2.45) is 10.9 Å². The van der Waals surface area contributed by atoms with Gasteiger partial charge in [0.25, 0.3) is 0 Å². The minimum Gasteiger partial charge on any atom is -0.497 e. The Morgan fingerprint density at radius 3 is 2.41 bits per heavy atom. The number of nitrogens with one attached hydrogen (secondary N) is 2. The van der Waals surface area contributed by atoms with Gasteiger partial charge in [-0.05, 0) is 37.6 Å². The lowest BCUT2D eigenvalue weighted by Crippen LogP contribution is -2.48. The number of methoxy groups -OCH3 is 1. The zero-order valence-corrected chi connectivity index (χ0v) is 21.9. The van der Waals surface area contributed by atoms with E-state index >= 15 is 0 Å². The Morgan fingerprint density at radius 2 is 1.81 bits per heavy atom. The van der Waals surface area contributed by atoms with E-state index in [0.29, 0.717) is 29.7 Å². The third-order valence-corrected chi connectivity index (χ3v) is 5.34. The van der Waals surface area contributed by atoms with Crippen molar-refractivity contribution in [1.82, 2.24) is 20.4 Å². The van der Waals surface area contributed by atoms with E-state index in [1.54, 1.807) is 12.1 Å². The van der Waals surface area contributed by atoms with Gasteiger partial charge in [-0.2, -0.15) is 8.78 Å². The van der Waals surface area contributed by atoms with Crippen molar-refractivity contribution >= 4 is 29.9 Å². The third kappa shape index (κ3) is 10.0. The second kappa shape index (κ2) is 15.4. The van der Waals surface area contributed by atoms with Crippen LogP contribution in [0, 0.1) is 5.92 Å². The number of halogens is 3. The standard InChI is InChI=1S/C22H37F2N5O2.HI/c1-5-25-22(26-14-17(3)16-29-11-9-28(6-2)10-12-29)27-15-18-13-19(30-4)7-8-20(18)31-21(23)24;/h7-8,13,17,21H,5-6,9-12,14-16H2,1-4H3,(H2,25,26,27);1H. The third-order valence-electron chi connectivity index (χ3n) is 5.34. The normalized spacial score (nSPS) is 16.4. The predicted octanol–water partition coefficient (Wildman–Crippen LogP) is 3.24. The molecule has 0 saturated carbocycles. The number of piperazine rings is 1. The highest BCUT2D eigenvalue weighted by molar-refractivity contribution is 14.0. The van der Waals surface area contributed by atoms with Crippen LogP contribution >= 0.6 is 24.0 Å². The van der Waals surface area contributed by atoms with Crippen molar-refractivity contribution in [1.29, 1.82) is 0 Å². The molecule has 32 heavy (non-hydrogen) atoms. The van der Waals surface area contributed by atoms with Gasteiger partial charge < -0.3 is 29.9 Å². The van der Waals surface area contributed by atoms with Crippen molar-refractivity contribution in [3.8, 4) is 11.5 Å². The number of ether oxygens (including phenoxy) is 2. The van der Waals surface area contributed by atoms with Crippen molar-refractivity contribution < 1.29 is 18.3 Å². The summed E-state index contributed by atoms with van der Waals surface area (Å²) in [5.41, 5.74) is 0.540. The van der Waals surface area contributed by atoms with E-state index in [2.05, 4.69) is 44.0 Å². The molecule has 1 heterocycles. The van der Waals surface area contributed by atoms with E-state index in [0.717, 1.165) is 45.8 Å². The van der Waals surface area contributed by atoms with Crippen LogP contribution in [0.5, 0.6) is 11.5 Å². The van der Waals surface area contributed by atoms with Gasteiger partial charge in [-0.25, -0.2) is 4.99 Å². The second-order valence-electron chi connectivity index (χ2n) is 7.77. The first-order valence-electron chi connectivity index (χ1n) is 11.0. The summed E-state index contributed by atoms with van der Waals surface area (Å²) in [5, 5.41) is 6.58. The van der Waals surface area contributed by atoms with Crippen molar-refractivity contribution in [3.05, 3.63) is 23.8 Å². The minimum atomic E-state index is -2.89. The maximum Gasteiger partial charge on any atom is 0.387 e. The van der Waals surface area contributed by atoms with E-state index in [-0.39, 0.29) is 36.3 Å². The van der Waals surface area contributed by atoms with Crippen LogP contribution in [0.3, 0.4) is 0 Å². The van der Waals surface area contributed by atoms with Gasteiger partial charge >= 0.3 is 6.61 Å². The highest BCUT2D eigenvalue weighted by Gasteiger charge is 2.17. The Labute approximate surface area is 207 Å². The van der Waals surface area contributed by atoms with Gasteiger partial charge in [0.05, 0.1) is 13.7 Å². The largest absolute Gasteiger partial charge is 0.497 e. The van der Waals surface area contributed by atoms with Gasteiger partial charge in [0, 0.05) is 51.4 Å². The molecule has 0 radical (unpaired) electrons. The quantitative estimate of drug-likeness (QED) is 0.243. The molecule has 0 bridgehead atoms. The highest BCUT2D eigenvalue weighted by atomic mass is 127. The van der Waals surface area contributed by atoms with Crippen LogP contribution in [0.2, 0.25) is 0 Å². The van der Waals surface area contributed by atoms with E-state index < -0.39 is 6.61 Å². The number of hydrogen-bond donors (Lipinski definition) is 2. The van der Waals surface area contributed by atoms with Crippen LogP contribution in [0.1, 0.15) is 26.3 Å². The Hall–Kier alpha value is -1.40. The van der Waals surface area contributed by atoms with Gasteiger partial charge in [0.1, 0.15) is 11.5 Å². The Morgan fingerprint density at radius 1 is 1.12 bits per heavy atom. The first-order chi connectivity index (χ1) is 14.9. The molecule has 1 atom stereocenters. The first kappa shape index (κ1) is 28.6. The molecule has 1 aliphatic heterocycles. The van der Waals surface area contributed by atoms with Gasteiger partial charge in [0.2, 0.25) is 0 Å². The monoisotopic (exact) mass is 569 g/mol. The molecular formula is C22H38F2IN5O2. The molecule has 10 heteroatoms. The van der Waals surface area contributed by atoms with Crippen LogP contribution in [-0.4, -0.2) is 81.8 Å². The Bertz CT molecular complexity index is 688. The number of hydrogen-bond acceptors (Lipinski definition) is 5. The number of likely N-dealkylation sites (N-methyl/N-ethyl adjacent to an activating group) is 1. The van der Waals surface area contributed by atoms with E-state index in [1.165, 1.54) is 13.2 Å². The summed E-state index contributed by atoms with van der Waals surface area (Å²) < 4.78 is 35.3. The summed E-state index contributed by atoms with van der Waals surface area (Å²) in [6.45, 7) is 11.8. The molecule has 2 N–H and O–H groups in total. The SMILES string of the molecule is CCNC(=NCc1cc(OC)ccc1OC(F)F)NCC(C)CN1CCN(CC)CC1.I. The summed E-state index contributed by atoms with van der Waals surface area (Å²) in [6, 6.07) is 4.75. The fourth-order valence-electron chi connectivity index (χ4n) is 3.59. The summed E-state index contributed by atoms with van der Waals surface area (Å²) in [5.74, 6) is 1.78. The van der Waals surface area contributed by atoms with Gasteiger partial charge in [-0.3, -0.25) is 0 Å². The average Bonchev–Trinajstić information content (AvgIpc) is 2.76. The molecule has 1 aliphatic rings. The molecule has 1 fully saturated rings. The molecule has 184 valence electrons. The topological polar surface area (TPSA) is 61.4 Å². The minimum absolute atomic E-state index is 0. The summed E-state index contributed by atoms with van der Waals surface area (Å²) in [6.07, 6.45) is 0. The van der Waals surface area contributed by atoms with Crippen LogP contribution in [-0.2, 0) is 6.54 Å². The highest BCUT2D eigenvalue weighted by Crippen LogP contribution is 2.26. The zero-order valence-electron chi connectivity index (χ0n) is 19.6. The zero-order chi connectivity index (χ0) is 22.6. The molecule has 0 aliphatic carbocycles. The fraction of sp³-hybridized carbons (Fsp3) is 0.682. The van der Waals surface area contributed by atoms with Crippen LogP contribution in [0.4, 0.5) is 8.78 Å². The molecular weight excluding hydrogens is 531 g/mol. The van der Waals surface area contributed by atoms with Gasteiger partial charge in [-0.1, -0.05) is 13.8 Å². The first-order valence-corrected chi connectivity index (χ1v) is 11.0. The second-order valence-corrected chi connectivity index (χ2v) is 7.77. The number of benzene rings is 1. The fourth-order valence-corrected chi connectivity index (χ4v) is 3.59. The van der Waals surface area contributed by atoms with Crippen LogP contribution in [0.25, 0.3) is 0 Å². The molecule has 1 unspecified atom stereocenters. The number of alkyl halides is 2. The van der Waals surface area contributed by atoms with Crippen molar-refractivity contribution in [3.63, 3.8) is 0 Å². The molecule has 1 aromatic rings. The van der Waals surface area contributed by atoms with E-state index in [1.807, 2.05) is 6.92 Å². The molecule has 1 saturated heterocycles. The smallest absolute Gasteiger partial charge is 0.387 e. The van der Waals surface area contributed by atoms with Crippen LogP contribution in [0.15, 0.2) is 23.2 Å². The predicted molar refractivity (Wildman–Crippen MR) is 136 cm³/mol. The Balaban J connectivity index is 0.00000512. The molecule has 0 aromatic heterocycles. The average molecular weight is 569 g/mol. The number of aliphatic imine (C=N–C) groups is 1. The molecule has 0 spiro atoms. The lowest BCUT2D eigenvalue weighted by Gasteiger charge is -2.35. The maximum atomic E-state index is 12.7. The summed E-state index contributed by atoms with van der Waals surface area (Å²) in [4.78, 5) is 9.54. The van der Waals surface area contributed by atoms with E-state index in [9.17, 15) is 8.78 Å².